The van der Waals surface area contributed by atoms with E-state index in [1.807, 2.05) is 25.7 Å². The second-order valence-electron chi connectivity index (χ2n) is 9.60. The number of nitrogens with zero attached hydrogens (tertiary/aromatic N) is 2. The van der Waals surface area contributed by atoms with E-state index in [1.54, 1.807) is 6.07 Å². The Labute approximate surface area is 175 Å². The summed E-state index contributed by atoms with van der Waals surface area (Å²) in [6.07, 6.45) is 7.14. The molecule has 7 nitrogen and oxygen atoms in total. The number of primary sulfonamides is 1. The van der Waals surface area contributed by atoms with Crippen LogP contribution in [0.4, 0.5) is 4.79 Å². The smallest absolute Gasteiger partial charge is 0.410 e. The van der Waals surface area contributed by atoms with Gasteiger partial charge in [-0.25, -0.2) is 18.4 Å². The van der Waals surface area contributed by atoms with Gasteiger partial charge in [0.1, 0.15) is 10.5 Å². The zero-order valence-electron chi connectivity index (χ0n) is 18.3. The summed E-state index contributed by atoms with van der Waals surface area (Å²) < 4.78 is 28.1. The quantitative estimate of drug-likeness (QED) is 0.668. The Morgan fingerprint density at radius 3 is 2.52 bits per heavy atom. The van der Waals surface area contributed by atoms with Gasteiger partial charge in [0.25, 0.3) is 0 Å². The molecule has 164 valence electrons. The van der Waals surface area contributed by atoms with Gasteiger partial charge >= 0.3 is 6.09 Å². The third-order valence-corrected chi connectivity index (χ3v) is 6.14. The molecule has 0 saturated carbocycles. The van der Waals surface area contributed by atoms with Crippen molar-refractivity contribution in [1.82, 2.24) is 9.88 Å². The molecule has 0 aromatic carbocycles. The van der Waals surface area contributed by atoms with Crippen molar-refractivity contribution in [2.75, 3.05) is 6.54 Å². The number of amides is 1. The number of nitrogens with two attached hydrogens (primary N) is 1. The first-order chi connectivity index (χ1) is 13.3. The monoisotopic (exact) mass is 425 g/mol. The number of aromatic nitrogens is 1. The normalized spacial score (nSPS) is 19.4. The summed E-state index contributed by atoms with van der Waals surface area (Å²) in [5.74, 6) is 0.490. The number of hydrogen-bond acceptors (Lipinski definition) is 5. The molecule has 1 saturated heterocycles. The summed E-state index contributed by atoms with van der Waals surface area (Å²) in [6.45, 7) is 10.6. The lowest BCUT2D eigenvalue weighted by atomic mass is 9.92. The van der Waals surface area contributed by atoms with E-state index in [9.17, 15) is 13.2 Å². The van der Waals surface area contributed by atoms with E-state index in [1.165, 1.54) is 12.3 Å². The average molecular weight is 426 g/mol. The largest absolute Gasteiger partial charge is 0.444 e. The Kier molecular flexibility index (Phi) is 7.32. The highest BCUT2D eigenvalue weighted by Crippen LogP contribution is 2.36. The minimum Gasteiger partial charge on any atom is -0.444 e. The number of carbonyl (C=O) groups is 1. The van der Waals surface area contributed by atoms with E-state index in [0.717, 1.165) is 50.8 Å². The average Bonchev–Trinajstić information content (AvgIpc) is 2.87. The van der Waals surface area contributed by atoms with Gasteiger partial charge < -0.3 is 9.64 Å². The highest BCUT2D eigenvalue weighted by atomic mass is 32.2. The molecule has 1 atom stereocenters. The number of ether oxygens (including phenoxy) is 1. The van der Waals surface area contributed by atoms with E-state index < -0.39 is 15.6 Å². The molecule has 2 rings (SSSR count). The van der Waals surface area contributed by atoms with Crippen LogP contribution in [0.25, 0.3) is 0 Å². The Balaban J connectivity index is 1.73. The summed E-state index contributed by atoms with van der Waals surface area (Å²) >= 11 is 0. The Morgan fingerprint density at radius 2 is 1.97 bits per heavy atom. The SMILES string of the molecule is CC(C)(C)OC(=O)N1CC(CCCCCc2ccc(S(N)(=O)=O)cn2)CC1(C)C. The summed E-state index contributed by atoms with van der Waals surface area (Å²) in [5.41, 5.74) is 0.212. The van der Waals surface area contributed by atoms with Crippen LogP contribution in [0.3, 0.4) is 0 Å². The second kappa shape index (κ2) is 9.00. The van der Waals surface area contributed by atoms with Gasteiger partial charge in [-0.2, -0.15) is 0 Å². The van der Waals surface area contributed by atoms with Crippen molar-refractivity contribution in [2.24, 2.45) is 11.1 Å². The highest BCUT2D eigenvalue weighted by Gasteiger charge is 2.42. The Hall–Kier alpha value is -1.67. The van der Waals surface area contributed by atoms with Crippen LogP contribution in [0.1, 0.15) is 72.4 Å². The number of sulfonamides is 1. The molecular weight excluding hydrogens is 390 g/mol. The fourth-order valence-corrected chi connectivity index (χ4v) is 4.32. The first-order valence-corrected chi connectivity index (χ1v) is 11.8. The van der Waals surface area contributed by atoms with Crippen LogP contribution in [0.15, 0.2) is 23.2 Å². The fraction of sp³-hybridized carbons (Fsp3) is 0.714. The van der Waals surface area contributed by atoms with Crippen LogP contribution in [0.2, 0.25) is 0 Å². The Morgan fingerprint density at radius 1 is 1.28 bits per heavy atom. The highest BCUT2D eigenvalue weighted by molar-refractivity contribution is 7.89. The first-order valence-electron chi connectivity index (χ1n) is 10.3. The van der Waals surface area contributed by atoms with Crippen LogP contribution in [-0.2, 0) is 21.2 Å². The van der Waals surface area contributed by atoms with Gasteiger partial charge in [-0.3, -0.25) is 4.98 Å². The molecule has 1 amide bonds. The van der Waals surface area contributed by atoms with Gasteiger partial charge in [0.15, 0.2) is 0 Å². The lowest BCUT2D eigenvalue weighted by Gasteiger charge is -2.33. The minimum absolute atomic E-state index is 0.0413. The summed E-state index contributed by atoms with van der Waals surface area (Å²) in [5, 5.41) is 5.08. The molecule has 8 heteroatoms. The van der Waals surface area contributed by atoms with E-state index in [4.69, 9.17) is 9.88 Å². The number of rotatable bonds is 7. The molecule has 2 N–H and O–H groups in total. The molecule has 0 radical (unpaired) electrons. The molecule has 0 spiro atoms. The molecule has 2 heterocycles. The van der Waals surface area contributed by atoms with Crippen LogP contribution in [0, 0.1) is 5.92 Å². The van der Waals surface area contributed by atoms with Crippen molar-refractivity contribution in [3.63, 3.8) is 0 Å². The van der Waals surface area contributed by atoms with Gasteiger partial charge in [-0.1, -0.05) is 12.8 Å². The van der Waals surface area contributed by atoms with Gasteiger partial charge in [-0.05, 0) is 78.4 Å². The molecule has 1 aliphatic rings. The number of unbranched alkanes of at least 4 members (excludes halogenated alkanes) is 2. The van der Waals surface area contributed by atoms with E-state index in [0.29, 0.717) is 5.92 Å². The van der Waals surface area contributed by atoms with Crippen molar-refractivity contribution in [3.8, 4) is 0 Å². The van der Waals surface area contributed by atoms with Crippen LogP contribution in [0.5, 0.6) is 0 Å². The van der Waals surface area contributed by atoms with Crippen molar-refractivity contribution in [3.05, 3.63) is 24.0 Å². The van der Waals surface area contributed by atoms with Crippen LogP contribution >= 0.6 is 0 Å². The van der Waals surface area contributed by atoms with E-state index in [-0.39, 0.29) is 16.5 Å². The Bertz CT molecular complexity index is 798. The number of pyridine rings is 1. The molecule has 1 aliphatic heterocycles. The van der Waals surface area contributed by atoms with E-state index >= 15 is 0 Å². The summed E-state index contributed by atoms with van der Waals surface area (Å²) in [6, 6.07) is 3.22. The van der Waals surface area contributed by atoms with Gasteiger partial charge in [0, 0.05) is 24.0 Å². The van der Waals surface area contributed by atoms with Crippen LogP contribution in [-0.4, -0.2) is 42.1 Å². The van der Waals surface area contributed by atoms with Crippen molar-refractivity contribution in [2.45, 2.75) is 89.2 Å². The predicted molar refractivity (Wildman–Crippen MR) is 113 cm³/mol. The second-order valence-corrected chi connectivity index (χ2v) is 11.2. The molecular formula is C21H35N3O4S. The minimum atomic E-state index is -3.69. The molecule has 0 aliphatic carbocycles. The topological polar surface area (TPSA) is 103 Å². The maximum atomic E-state index is 12.5. The van der Waals surface area contributed by atoms with Crippen molar-refractivity contribution < 1.29 is 17.9 Å². The zero-order valence-corrected chi connectivity index (χ0v) is 19.1. The molecule has 0 bridgehead atoms. The summed E-state index contributed by atoms with van der Waals surface area (Å²) in [7, 11) is -3.69. The molecule has 1 aromatic rings. The lowest BCUT2D eigenvalue weighted by Crippen LogP contribution is -2.45. The molecule has 1 unspecified atom stereocenters. The standard InChI is InChI=1S/C21H35N3O4S/c1-20(2,3)28-19(25)24-15-16(13-21(24,4)5)9-7-6-8-10-17-11-12-18(14-23-17)29(22,26)27/h11-12,14,16H,6-10,13,15H2,1-5H3,(H2,22,26,27). The van der Waals surface area contributed by atoms with Crippen LogP contribution < -0.4 is 5.14 Å². The number of likely N-dealkylation sites (tertiary alicyclic amines) is 1. The third-order valence-electron chi connectivity index (χ3n) is 5.24. The van der Waals surface area contributed by atoms with Crippen molar-refractivity contribution in [1.29, 1.82) is 0 Å². The predicted octanol–water partition coefficient (Wildman–Crippen LogP) is 3.87. The number of carbonyl (C=O) groups excluding carboxylic acids is 1. The number of hydrogen-bond donors (Lipinski definition) is 1. The van der Waals surface area contributed by atoms with Gasteiger partial charge in [0.2, 0.25) is 10.0 Å². The molecule has 29 heavy (non-hydrogen) atoms. The molecule has 1 fully saturated rings. The lowest BCUT2D eigenvalue weighted by molar-refractivity contribution is 0.0131. The maximum Gasteiger partial charge on any atom is 0.410 e. The van der Waals surface area contributed by atoms with Crippen molar-refractivity contribution >= 4 is 16.1 Å². The first kappa shape index (κ1) is 23.6. The molecule has 1 aromatic heterocycles. The number of aryl methyl sites for hydroxylation is 1. The van der Waals surface area contributed by atoms with Gasteiger partial charge in [-0.15, -0.1) is 0 Å². The fourth-order valence-electron chi connectivity index (χ4n) is 3.86. The summed E-state index contributed by atoms with van der Waals surface area (Å²) in [4.78, 5) is 18.6. The van der Waals surface area contributed by atoms with E-state index in [2.05, 4.69) is 18.8 Å². The van der Waals surface area contributed by atoms with Gasteiger partial charge in [0.05, 0.1) is 0 Å². The zero-order chi connectivity index (χ0) is 21.9. The third kappa shape index (κ3) is 7.26. The maximum absolute atomic E-state index is 12.5.